The molecule has 0 bridgehead atoms. The molecule has 5 rings (SSSR count). The third-order valence-corrected chi connectivity index (χ3v) is 5.06. The molecular formula is C24H17N3O2. The monoisotopic (exact) mass is 379 g/mol. The molecule has 1 amide bonds. The summed E-state index contributed by atoms with van der Waals surface area (Å²) in [5.74, 6) is 0.263. The van der Waals surface area contributed by atoms with E-state index in [0.717, 1.165) is 16.8 Å². The molecule has 5 heteroatoms. The van der Waals surface area contributed by atoms with E-state index in [0.29, 0.717) is 28.8 Å². The van der Waals surface area contributed by atoms with Crippen LogP contribution in [-0.2, 0) is 11.3 Å². The molecular weight excluding hydrogens is 362 g/mol. The SMILES string of the molecule is O=C1Nc2ccccc2/C1=C/c1nc2ccccc2c(=O)n1Cc1ccccc1. The van der Waals surface area contributed by atoms with Gasteiger partial charge in [-0.1, -0.05) is 60.7 Å². The predicted molar refractivity (Wildman–Crippen MR) is 114 cm³/mol. The minimum absolute atomic E-state index is 0.127. The standard InChI is InChI=1S/C24H17N3O2/c28-23-19(17-10-4-6-12-20(17)26-23)14-22-25-21-13-7-5-11-18(21)24(29)27(22)15-16-8-2-1-3-9-16/h1-14H,15H2,(H,26,28)/b19-14-. The van der Waals surface area contributed by atoms with Crippen LogP contribution in [0.5, 0.6) is 0 Å². The van der Waals surface area contributed by atoms with Gasteiger partial charge in [0, 0.05) is 11.3 Å². The lowest BCUT2D eigenvalue weighted by Crippen LogP contribution is -2.24. The second kappa shape index (κ2) is 6.87. The zero-order valence-electron chi connectivity index (χ0n) is 15.5. The average Bonchev–Trinajstić information content (AvgIpc) is 3.07. The molecule has 1 aliphatic heterocycles. The molecule has 0 radical (unpaired) electrons. The lowest BCUT2D eigenvalue weighted by atomic mass is 10.1. The van der Waals surface area contributed by atoms with Gasteiger partial charge in [-0.25, -0.2) is 4.98 Å². The van der Waals surface area contributed by atoms with E-state index in [-0.39, 0.29) is 11.5 Å². The highest BCUT2D eigenvalue weighted by atomic mass is 16.2. The highest BCUT2D eigenvalue weighted by molar-refractivity contribution is 6.34. The zero-order valence-corrected chi connectivity index (χ0v) is 15.5. The molecule has 1 N–H and O–H groups in total. The first-order valence-corrected chi connectivity index (χ1v) is 9.37. The van der Waals surface area contributed by atoms with Gasteiger partial charge in [0.1, 0.15) is 5.82 Å². The van der Waals surface area contributed by atoms with Gasteiger partial charge in [0.25, 0.3) is 11.5 Å². The van der Waals surface area contributed by atoms with Crippen LogP contribution in [0, 0.1) is 0 Å². The summed E-state index contributed by atoms with van der Waals surface area (Å²) in [4.78, 5) is 30.5. The number of fused-ring (bicyclic) bond motifs is 2. The van der Waals surface area contributed by atoms with E-state index in [1.165, 1.54) is 0 Å². The first-order valence-electron chi connectivity index (χ1n) is 9.37. The van der Waals surface area contributed by atoms with E-state index in [2.05, 4.69) is 5.32 Å². The summed E-state index contributed by atoms with van der Waals surface area (Å²) in [6, 6.07) is 24.5. The number of benzene rings is 3. The summed E-state index contributed by atoms with van der Waals surface area (Å²) in [6.45, 7) is 0.375. The molecule has 2 heterocycles. The van der Waals surface area contributed by atoms with Crippen molar-refractivity contribution in [3.8, 4) is 0 Å². The number of hydrogen-bond acceptors (Lipinski definition) is 3. The van der Waals surface area contributed by atoms with E-state index < -0.39 is 0 Å². The van der Waals surface area contributed by atoms with Crippen molar-refractivity contribution < 1.29 is 4.79 Å². The van der Waals surface area contributed by atoms with Gasteiger partial charge >= 0.3 is 0 Å². The highest BCUT2D eigenvalue weighted by Crippen LogP contribution is 2.32. The smallest absolute Gasteiger partial charge is 0.261 e. The molecule has 5 nitrogen and oxygen atoms in total. The fourth-order valence-corrected chi connectivity index (χ4v) is 3.63. The van der Waals surface area contributed by atoms with Crippen molar-refractivity contribution in [2.24, 2.45) is 0 Å². The molecule has 0 saturated heterocycles. The lowest BCUT2D eigenvalue weighted by molar-refractivity contribution is -0.110. The molecule has 0 fully saturated rings. The van der Waals surface area contributed by atoms with Crippen LogP contribution in [0.1, 0.15) is 17.0 Å². The quantitative estimate of drug-likeness (QED) is 0.549. The van der Waals surface area contributed by atoms with Crippen LogP contribution in [-0.4, -0.2) is 15.5 Å². The van der Waals surface area contributed by atoms with E-state index in [9.17, 15) is 9.59 Å². The Bertz CT molecular complexity index is 1340. The van der Waals surface area contributed by atoms with Gasteiger partial charge in [0.2, 0.25) is 0 Å². The molecule has 0 aliphatic carbocycles. The second-order valence-electron chi connectivity index (χ2n) is 6.92. The van der Waals surface area contributed by atoms with Crippen molar-refractivity contribution in [1.82, 2.24) is 9.55 Å². The molecule has 0 unspecified atom stereocenters. The van der Waals surface area contributed by atoms with Crippen molar-refractivity contribution in [3.05, 3.63) is 106 Å². The Morgan fingerprint density at radius 2 is 1.59 bits per heavy atom. The van der Waals surface area contributed by atoms with Gasteiger partial charge in [0.05, 0.1) is 23.0 Å². The van der Waals surface area contributed by atoms with E-state index in [4.69, 9.17) is 4.98 Å². The van der Waals surface area contributed by atoms with Crippen LogP contribution >= 0.6 is 0 Å². The normalized spacial score (nSPS) is 14.2. The van der Waals surface area contributed by atoms with Crippen LogP contribution in [0.15, 0.2) is 83.7 Å². The maximum absolute atomic E-state index is 13.2. The van der Waals surface area contributed by atoms with E-state index in [1.807, 2.05) is 72.8 Å². The Hall–Kier alpha value is -3.99. The molecule has 29 heavy (non-hydrogen) atoms. The van der Waals surface area contributed by atoms with Crippen LogP contribution in [0.4, 0.5) is 5.69 Å². The number of hydrogen-bond donors (Lipinski definition) is 1. The Morgan fingerprint density at radius 1 is 0.862 bits per heavy atom. The van der Waals surface area contributed by atoms with Gasteiger partial charge in [-0.2, -0.15) is 0 Å². The van der Waals surface area contributed by atoms with Crippen molar-refractivity contribution >= 4 is 34.1 Å². The second-order valence-corrected chi connectivity index (χ2v) is 6.92. The molecule has 1 aromatic heterocycles. The third-order valence-electron chi connectivity index (χ3n) is 5.06. The summed E-state index contributed by atoms with van der Waals surface area (Å²) >= 11 is 0. The van der Waals surface area contributed by atoms with Crippen molar-refractivity contribution in [2.45, 2.75) is 6.54 Å². The molecule has 3 aromatic carbocycles. The summed E-state index contributed by atoms with van der Waals surface area (Å²) in [5, 5.41) is 3.42. The Morgan fingerprint density at radius 3 is 2.45 bits per heavy atom. The third kappa shape index (κ3) is 3.02. The number of para-hydroxylation sites is 2. The fourth-order valence-electron chi connectivity index (χ4n) is 3.63. The fraction of sp³-hybridized carbons (Fsp3) is 0.0417. The minimum Gasteiger partial charge on any atom is -0.321 e. The zero-order chi connectivity index (χ0) is 19.8. The molecule has 0 atom stereocenters. The van der Waals surface area contributed by atoms with Gasteiger partial charge < -0.3 is 5.32 Å². The first kappa shape index (κ1) is 17.1. The van der Waals surface area contributed by atoms with Crippen LogP contribution < -0.4 is 10.9 Å². The minimum atomic E-state index is -0.195. The van der Waals surface area contributed by atoms with Gasteiger partial charge in [-0.05, 0) is 29.8 Å². The van der Waals surface area contributed by atoms with Crippen LogP contribution in [0.25, 0.3) is 22.6 Å². The first-order chi connectivity index (χ1) is 14.2. The van der Waals surface area contributed by atoms with Crippen molar-refractivity contribution in [1.29, 1.82) is 0 Å². The van der Waals surface area contributed by atoms with Crippen molar-refractivity contribution in [2.75, 3.05) is 5.32 Å². The largest absolute Gasteiger partial charge is 0.321 e. The summed E-state index contributed by atoms with van der Waals surface area (Å²) in [5.41, 5.74) is 3.55. The number of carbonyl (C=O) groups excluding carboxylic acids is 1. The maximum Gasteiger partial charge on any atom is 0.261 e. The number of aromatic nitrogens is 2. The number of rotatable bonds is 3. The molecule has 1 aliphatic rings. The predicted octanol–water partition coefficient (Wildman–Crippen LogP) is 3.94. The molecule has 0 saturated carbocycles. The number of nitrogens with one attached hydrogen (secondary N) is 1. The molecule has 140 valence electrons. The number of anilines is 1. The molecule has 0 spiro atoms. The summed E-state index contributed by atoms with van der Waals surface area (Å²) in [6.07, 6.45) is 1.71. The number of nitrogens with zero attached hydrogens (tertiary/aromatic N) is 2. The maximum atomic E-state index is 13.2. The Kier molecular flexibility index (Phi) is 4.06. The molecule has 4 aromatic rings. The number of amides is 1. The van der Waals surface area contributed by atoms with Gasteiger partial charge in [0.15, 0.2) is 0 Å². The Labute approximate surface area is 167 Å². The highest BCUT2D eigenvalue weighted by Gasteiger charge is 2.24. The van der Waals surface area contributed by atoms with E-state index >= 15 is 0 Å². The van der Waals surface area contributed by atoms with Crippen LogP contribution in [0.2, 0.25) is 0 Å². The van der Waals surface area contributed by atoms with Crippen molar-refractivity contribution in [3.63, 3.8) is 0 Å². The van der Waals surface area contributed by atoms with Gasteiger partial charge in [-0.3, -0.25) is 14.2 Å². The van der Waals surface area contributed by atoms with Gasteiger partial charge in [-0.15, -0.1) is 0 Å². The topological polar surface area (TPSA) is 64.0 Å². The Balaban J connectivity index is 1.74. The van der Waals surface area contributed by atoms with E-state index in [1.54, 1.807) is 16.7 Å². The van der Waals surface area contributed by atoms with Crippen LogP contribution in [0.3, 0.4) is 0 Å². The summed E-state index contributed by atoms with van der Waals surface area (Å²) in [7, 11) is 0. The average molecular weight is 379 g/mol. The lowest BCUT2D eigenvalue weighted by Gasteiger charge is -2.12. The summed E-state index contributed by atoms with van der Waals surface area (Å²) < 4.78 is 1.62. The number of carbonyl (C=O) groups is 1.